The number of thiazole rings is 1. The second kappa shape index (κ2) is 5.98. The van der Waals surface area contributed by atoms with Crippen LogP contribution in [0.5, 0.6) is 0 Å². The zero-order chi connectivity index (χ0) is 14.7. The SMILES string of the molecule is Cc1csc(CNC(=O)c2cc(Cl)ccc2[N+](=O)[O-])n1. The number of benzene rings is 1. The first-order valence-corrected chi connectivity index (χ1v) is 6.86. The largest absolute Gasteiger partial charge is 0.345 e. The van der Waals surface area contributed by atoms with E-state index in [1.165, 1.54) is 29.5 Å². The van der Waals surface area contributed by atoms with E-state index in [9.17, 15) is 14.9 Å². The van der Waals surface area contributed by atoms with Gasteiger partial charge in [0.2, 0.25) is 0 Å². The van der Waals surface area contributed by atoms with Crippen LogP contribution in [0.15, 0.2) is 23.6 Å². The van der Waals surface area contributed by atoms with Crippen LogP contribution in [0.1, 0.15) is 21.1 Å². The molecule has 1 heterocycles. The third-order valence-electron chi connectivity index (χ3n) is 2.47. The zero-order valence-electron chi connectivity index (χ0n) is 10.4. The summed E-state index contributed by atoms with van der Waals surface area (Å²) in [5.41, 5.74) is 0.533. The number of nitro benzene ring substituents is 1. The summed E-state index contributed by atoms with van der Waals surface area (Å²) in [4.78, 5) is 26.5. The van der Waals surface area contributed by atoms with Crippen molar-refractivity contribution in [3.05, 3.63) is 55.0 Å². The second-order valence-electron chi connectivity index (χ2n) is 3.98. The molecule has 0 aliphatic carbocycles. The van der Waals surface area contributed by atoms with Gasteiger partial charge in [-0.25, -0.2) is 4.98 Å². The Morgan fingerprint density at radius 2 is 2.30 bits per heavy atom. The van der Waals surface area contributed by atoms with Crippen LogP contribution in [0.2, 0.25) is 5.02 Å². The number of aryl methyl sites for hydroxylation is 1. The van der Waals surface area contributed by atoms with E-state index in [0.29, 0.717) is 0 Å². The van der Waals surface area contributed by atoms with Gasteiger partial charge in [0.05, 0.1) is 11.5 Å². The van der Waals surface area contributed by atoms with Crippen LogP contribution in [0, 0.1) is 17.0 Å². The zero-order valence-corrected chi connectivity index (χ0v) is 12.0. The summed E-state index contributed by atoms with van der Waals surface area (Å²) in [7, 11) is 0. The lowest BCUT2D eigenvalue weighted by atomic mass is 10.1. The van der Waals surface area contributed by atoms with Crippen molar-refractivity contribution in [2.24, 2.45) is 0 Å². The number of amides is 1. The van der Waals surface area contributed by atoms with Gasteiger partial charge in [-0.1, -0.05) is 11.6 Å². The summed E-state index contributed by atoms with van der Waals surface area (Å²) in [6, 6.07) is 3.87. The molecular formula is C12H10ClN3O3S. The minimum atomic E-state index is -0.612. The van der Waals surface area contributed by atoms with Crippen molar-refractivity contribution >= 4 is 34.5 Å². The molecule has 0 atom stereocenters. The molecule has 0 bridgehead atoms. The molecule has 8 heteroatoms. The Morgan fingerprint density at radius 3 is 2.90 bits per heavy atom. The molecule has 20 heavy (non-hydrogen) atoms. The molecule has 0 fully saturated rings. The molecule has 0 saturated heterocycles. The summed E-state index contributed by atoms with van der Waals surface area (Å²) in [5, 5.41) is 16.4. The number of carbonyl (C=O) groups excluding carboxylic acids is 1. The topological polar surface area (TPSA) is 85.1 Å². The highest BCUT2D eigenvalue weighted by atomic mass is 35.5. The fourth-order valence-corrected chi connectivity index (χ4v) is 2.47. The van der Waals surface area contributed by atoms with Gasteiger partial charge >= 0.3 is 0 Å². The van der Waals surface area contributed by atoms with E-state index >= 15 is 0 Å². The van der Waals surface area contributed by atoms with Crippen molar-refractivity contribution in [3.63, 3.8) is 0 Å². The standard InChI is InChI=1S/C12H10ClN3O3S/c1-7-6-20-11(15-7)5-14-12(17)9-4-8(13)2-3-10(9)16(18)19/h2-4,6H,5H2,1H3,(H,14,17). The number of nitro groups is 1. The van der Waals surface area contributed by atoms with Gasteiger partial charge < -0.3 is 5.32 Å². The van der Waals surface area contributed by atoms with Crippen LogP contribution in [0.4, 0.5) is 5.69 Å². The van der Waals surface area contributed by atoms with Crippen LogP contribution < -0.4 is 5.32 Å². The molecule has 1 amide bonds. The van der Waals surface area contributed by atoms with Crippen LogP contribution in [0.25, 0.3) is 0 Å². The van der Waals surface area contributed by atoms with Crippen molar-refractivity contribution in [2.45, 2.75) is 13.5 Å². The van der Waals surface area contributed by atoms with E-state index in [0.717, 1.165) is 10.7 Å². The molecule has 2 aromatic rings. The molecule has 1 aromatic heterocycles. The minimum absolute atomic E-state index is 0.0595. The Bertz CT molecular complexity index is 672. The van der Waals surface area contributed by atoms with E-state index in [-0.39, 0.29) is 22.8 Å². The Labute approximate surface area is 123 Å². The number of hydrogen-bond donors (Lipinski definition) is 1. The number of carbonyl (C=O) groups is 1. The lowest BCUT2D eigenvalue weighted by Crippen LogP contribution is -2.23. The predicted molar refractivity (Wildman–Crippen MR) is 76.1 cm³/mol. The van der Waals surface area contributed by atoms with E-state index < -0.39 is 10.8 Å². The number of nitrogens with zero attached hydrogens (tertiary/aromatic N) is 2. The summed E-state index contributed by atoms with van der Waals surface area (Å²) in [5.74, 6) is -0.549. The lowest BCUT2D eigenvalue weighted by molar-refractivity contribution is -0.385. The Morgan fingerprint density at radius 1 is 1.55 bits per heavy atom. The van der Waals surface area contributed by atoms with Crippen molar-refractivity contribution in [1.29, 1.82) is 0 Å². The highest BCUT2D eigenvalue weighted by Gasteiger charge is 2.20. The normalized spacial score (nSPS) is 10.3. The molecule has 0 radical (unpaired) electrons. The molecule has 104 valence electrons. The molecule has 0 spiro atoms. The third kappa shape index (κ3) is 3.31. The molecule has 0 aliphatic rings. The molecule has 2 rings (SSSR count). The number of hydrogen-bond acceptors (Lipinski definition) is 5. The summed E-state index contributed by atoms with van der Waals surface area (Å²) in [6.07, 6.45) is 0. The fourth-order valence-electron chi connectivity index (χ4n) is 1.58. The maximum Gasteiger partial charge on any atom is 0.282 e. The molecule has 0 aliphatic heterocycles. The Balaban J connectivity index is 2.16. The molecule has 0 saturated carbocycles. The Kier molecular flexibility index (Phi) is 4.31. The van der Waals surface area contributed by atoms with Crippen LogP contribution in [0.3, 0.4) is 0 Å². The van der Waals surface area contributed by atoms with Gasteiger partial charge in [0, 0.05) is 22.2 Å². The first kappa shape index (κ1) is 14.4. The average molecular weight is 312 g/mol. The molecular weight excluding hydrogens is 302 g/mol. The second-order valence-corrected chi connectivity index (χ2v) is 5.36. The summed E-state index contributed by atoms with van der Waals surface area (Å²) >= 11 is 7.19. The van der Waals surface area contributed by atoms with Crippen molar-refractivity contribution in [2.75, 3.05) is 0 Å². The van der Waals surface area contributed by atoms with Gasteiger partial charge in [-0.3, -0.25) is 14.9 Å². The van der Waals surface area contributed by atoms with Crippen molar-refractivity contribution in [1.82, 2.24) is 10.3 Å². The van der Waals surface area contributed by atoms with E-state index in [4.69, 9.17) is 11.6 Å². The van der Waals surface area contributed by atoms with Crippen LogP contribution in [-0.2, 0) is 6.54 Å². The molecule has 1 N–H and O–H groups in total. The van der Waals surface area contributed by atoms with Gasteiger partial charge in [0.25, 0.3) is 11.6 Å². The van der Waals surface area contributed by atoms with E-state index in [1.807, 2.05) is 12.3 Å². The first-order valence-electron chi connectivity index (χ1n) is 5.60. The first-order chi connectivity index (χ1) is 9.47. The lowest BCUT2D eigenvalue weighted by Gasteiger charge is -2.04. The van der Waals surface area contributed by atoms with Gasteiger partial charge in [-0.15, -0.1) is 11.3 Å². The van der Waals surface area contributed by atoms with Gasteiger partial charge in [0.15, 0.2) is 0 Å². The highest BCUT2D eigenvalue weighted by Crippen LogP contribution is 2.22. The van der Waals surface area contributed by atoms with Crippen LogP contribution >= 0.6 is 22.9 Å². The monoisotopic (exact) mass is 311 g/mol. The highest BCUT2D eigenvalue weighted by molar-refractivity contribution is 7.09. The Hall–Kier alpha value is -1.99. The minimum Gasteiger partial charge on any atom is -0.345 e. The van der Waals surface area contributed by atoms with E-state index in [1.54, 1.807) is 0 Å². The molecule has 1 aromatic carbocycles. The number of rotatable bonds is 4. The number of nitrogens with one attached hydrogen (secondary N) is 1. The van der Waals surface area contributed by atoms with Crippen molar-refractivity contribution in [3.8, 4) is 0 Å². The average Bonchev–Trinajstić information content (AvgIpc) is 2.81. The maximum absolute atomic E-state index is 12.0. The summed E-state index contributed by atoms with van der Waals surface area (Å²) < 4.78 is 0. The number of halogens is 1. The third-order valence-corrected chi connectivity index (χ3v) is 3.67. The molecule has 0 unspecified atom stereocenters. The van der Waals surface area contributed by atoms with Crippen molar-refractivity contribution < 1.29 is 9.72 Å². The number of aromatic nitrogens is 1. The molecule has 6 nitrogen and oxygen atoms in total. The maximum atomic E-state index is 12.0. The smallest absolute Gasteiger partial charge is 0.282 e. The van der Waals surface area contributed by atoms with Gasteiger partial charge in [0.1, 0.15) is 10.6 Å². The van der Waals surface area contributed by atoms with Crippen LogP contribution in [-0.4, -0.2) is 15.8 Å². The quantitative estimate of drug-likeness (QED) is 0.695. The predicted octanol–water partition coefficient (Wildman–Crippen LogP) is 2.94. The van der Waals surface area contributed by atoms with Gasteiger partial charge in [-0.2, -0.15) is 0 Å². The van der Waals surface area contributed by atoms with Gasteiger partial charge in [-0.05, 0) is 19.1 Å². The van der Waals surface area contributed by atoms with E-state index in [2.05, 4.69) is 10.3 Å². The fraction of sp³-hybridized carbons (Fsp3) is 0.167. The summed E-state index contributed by atoms with van der Waals surface area (Å²) in [6.45, 7) is 2.07.